The van der Waals surface area contributed by atoms with E-state index in [0.717, 1.165) is 45.6 Å². The average molecular weight is 259 g/mol. The molecule has 0 spiro atoms. The van der Waals surface area contributed by atoms with E-state index >= 15 is 0 Å². The number of hydrogen-bond acceptors (Lipinski definition) is 4. The van der Waals surface area contributed by atoms with Gasteiger partial charge in [-0.05, 0) is 45.6 Å². The largest absolute Gasteiger partial charge is 0.394 e. The molecule has 4 heteroatoms. The highest BCUT2D eigenvalue weighted by Crippen LogP contribution is 2.18. The Morgan fingerprint density at radius 2 is 2.11 bits per heavy atom. The number of ether oxygens (including phenoxy) is 2. The van der Waals surface area contributed by atoms with Gasteiger partial charge in [0.05, 0.1) is 12.7 Å². The summed E-state index contributed by atoms with van der Waals surface area (Å²) in [5.41, 5.74) is -0.232. The maximum atomic E-state index is 9.45. The number of aliphatic hydroxyl groups is 1. The lowest BCUT2D eigenvalue weighted by Gasteiger charge is -2.32. The Balaban J connectivity index is 2.24. The van der Waals surface area contributed by atoms with Crippen LogP contribution in [0.15, 0.2) is 0 Å². The summed E-state index contributed by atoms with van der Waals surface area (Å²) in [5, 5.41) is 12.8. The Morgan fingerprint density at radius 3 is 2.67 bits per heavy atom. The molecule has 4 nitrogen and oxygen atoms in total. The van der Waals surface area contributed by atoms with Crippen molar-refractivity contribution in [2.24, 2.45) is 5.92 Å². The Morgan fingerprint density at radius 1 is 1.44 bits per heavy atom. The first-order valence-electron chi connectivity index (χ1n) is 7.15. The van der Waals surface area contributed by atoms with Crippen LogP contribution in [0.4, 0.5) is 0 Å². The van der Waals surface area contributed by atoms with Crippen molar-refractivity contribution < 1.29 is 14.6 Å². The van der Waals surface area contributed by atoms with Gasteiger partial charge in [-0.25, -0.2) is 0 Å². The van der Waals surface area contributed by atoms with Gasteiger partial charge in [0.15, 0.2) is 0 Å². The molecule has 0 aromatic carbocycles. The fourth-order valence-corrected chi connectivity index (χ4v) is 2.53. The van der Waals surface area contributed by atoms with Crippen molar-refractivity contribution in [2.75, 3.05) is 33.0 Å². The Hall–Kier alpha value is -0.160. The van der Waals surface area contributed by atoms with Crippen LogP contribution in [0.1, 0.15) is 40.0 Å². The van der Waals surface area contributed by atoms with Gasteiger partial charge in [-0.1, -0.05) is 6.92 Å². The fraction of sp³-hybridized carbons (Fsp3) is 1.00. The van der Waals surface area contributed by atoms with E-state index in [-0.39, 0.29) is 18.2 Å². The first-order valence-corrected chi connectivity index (χ1v) is 7.15. The van der Waals surface area contributed by atoms with Gasteiger partial charge in [-0.2, -0.15) is 0 Å². The normalized spacial score (nSPS) is 22.7. The summed E-state index contributed by atoms with van der Waals surface area (Å²) in [6, 6.07) is 0. The standard InChI is InChI=1S/C14H29NO3/c1-4-15-14(3,11-16)9-12(2)18-10-13-5-7-17-8-6-13/h12-13,15-16H,4-11H2,1-3H3. The summed E-state index contributed by atoms with van der Waals surface area (Å²) >= 11 is 0. The van der Waals surface area contributed by atoms with Gasteiger partial charge in [0, 0.05) is 25.4 Å². The minimum Gasteiger partial charge on any atom is -0.394 e. The molecule has 2 atom stereocenters. The second-order valence-electron chi connectivity index (χ2n) is 5.65. The van der Waals surface area contributed by atoms with Gasteiger partial charge in [0.1, 0.15) is 0 Å². The van der Waals surface area contributed by atoms with E-state index < -0.39 is 0 Å². The molecule has 0 amide bonds. The average Bonchev–Trinajstić information content (AvgIpc) is 2.38. The fourth-order valence-electron chi connectivity index (χ4n) is 2.53. The van der Waals surface area contributed by atoms with Gasteiger partial charge in [-0.15, -0.1) is 0 Å². The van der Waals surface area contributed by atoms with Crippen LogP contribution < -0.4 is 5.32 Å². The molecule has 1 aliphatic heterocycles. The highest BCUT2D eigenvalue weighted by Gasteiger charge is 2.25. The van der Waals surface area contributed by atoms with E-state index in [4.69, 9.17) is 9.47 Å². The molecule has 1 fully saturated rings. The van der Waals surface area contributed by atoms with Crippen molar-refractivity contribution in [3.8, 4) is 0 Å². The van der Waals surface area contributed by atoms with Crippen molar-refractivity contribution in [2.45, 2.75) is 51.7 Å². The van der Waals surface area contributed by atoms with Gasteiger partial charge in [0.2, 0.25) is 0 Å². The van der Waals surface area contributed by atoms with Crippen molar-refractivity contribution in [1.29, 1.82) is 0 Å². The van der Waals surface area contributed by atoms with Crippen molar-refractivity contribution in [3.63, 3.8) is 0 Å². The summed E-state index contributed by atoms with van der Waals surface area (Å²) in [6.07, 6.45) is 3.22. The zero-order valence-electron chi connectivity index (χ0n) is 12.1. The molecule has 1 heterocycles. The topological polar surface area (TPSA) is 50.7 Å². The van der Waals surface area contributed by atoms with Crippen LogP contribution in [0.25, 0.3) is 0 Å². The molecule has 0 aromatic rings. The lowest BCUT2D eigenvalue weighted by molar-refractivity contribution is -0.0193. The summed E-state index contributed by atoms with van der Waals surface area (Å²) in [4.78, 5) is 0. The molecule has 0 saturated carbocycles. The van der Waals surface area contributed by atoms with Gasteiger partial charge >= 0.3 is 0 Å². The molecule has 2 unspecified atom stereocenters. The first-order chi connectivity index (χ1) is 8.59. The third-order valence-electron chi connectivity index (χ3n) is 3.65. The van der Waals surface area contributed by atoms with E-state index in [1.54, 1.807) is 0 Å². The number of rotatable bonds is 8. The van der Waals surface area contributed by atoms with Crippen molar-refractivity contribution >= 4 is 0 Å². The molecular weight excluding hydrogens is 230 g/mol. The van der Waals surface area contributed by atoms with E-state index in [2.05, 4.69) is 19.2 Å². The number of hydrogen-bond donors (Lipinski definition) is 2. The molecule has 1 aliphatic rings. The van der Waals surface area contributed by atoms with E-state index in [1.165, 1.54) is 0 Å². The predicted molar refractivity (Wildman–Crippen MR) is 72.7 cm³/mol. The molecule has 18 heavy (non-hydrogen) atoms. The quantitative estimate of drug-likeness (QED) is 0.695. The second-order valence-corrected chi connectivity index (χ2v) is 5.65. The van der Waals surface area contributed by atoms with Gasteiger partial charge in [-0.3, -0.25) is 0 Å². The zero-order chi connectivity index (χ0) is 13.4. The molecule has 0 aliphatic carbocycles. The van der Waals surface area contributed by atoms with Crippen LogP contribution in [0, 0.1) is 5.92 Å². The first kappa shape index (κ1) is 15.9. The van der Waals surface area contributed by atoms with Crippen molar-refractivity contribution in [1.82, 2.24) is 5.32 Å². The van der Waals surface area contributed by atoms with Crippen LogP contribution in [-0.2, 0) is 9.47 Å². The molecule has 0 bridgehead atoms. The highest BCUT2D eigenvalue weighted by atomic mass is 16.5. The van der Waals surface area contributed by atoms with Crippen LogP contribution in [0.3, 0.4) is 0 Å². The Labute approximate surface area is 111 Å². The smallest absolute Gasteiger partial charge is 0.0611 e. The Kier molecular flexibility index (Phi) is 7.15. The molecule has 0 radical (unpaired) electrons. The lowest BCUT2D eigenvalue weighted by atomic mass is 9.95. The highest BCUT2D eigenvalue weighted by molar-refractivity contribution is 4.84. The van der Waals surface area contributed by atoms with E-state index in [0.29, 0.717) is 5.92 Å². The van der Waals surface area contributed by atoms with Crippen molar-refractivity contribution in [3.05, 3.63) is 0 Å². The maximum absolute atomic E-state index is 9.45. The number of likely N-dealkylation sites (N-methyl/N-ethyl adjacent to an activating group) is 1. The second kappa shape index (κ2) is 8.10. The molecule has 0 aromatic heterocycles. The summed E-state index contributed by atoms with van der Waals surface area (Å²) in [7, 11) is 0. The number of nitrogens with one attached hydrogen (secondary N) is 1. The van der Waals surface area contributed by atoms with E-state index in [9.17, 15) is 5.11 Å². The monoisotopic (exact) mass is 259 g/mol. The van der Waals surface area contributed by atoms with Crippen LogP contribution in [0.5, 0.6) is 0 Å². The SMILES string of the molecule is CCNC(C)(CO)CC(C)OCC1CCOCC1. The third kappa shape index (κ3) is 5.65. The zero-order valence-corrected chi connectivity index (χ0v) is 12.1. The molecule has 108 valence electrons. The van der Waals surface area contributed by atoms with Crippen LogP contribution in [0.2, 0.25) is 0 Å². The molecule has 2 N–H and O–H groups in total. The van der Waals surface area contributed by atoms with Gasteiger partial charge in [0.25, 0.3) is 0 Å². The summed E-state index contributed by atoms with van der Waals surface area (Å²) < 4.78 is 11.3. The predicted octanol–water partition coefficient (Wildman–Crippen LogP) is 1.57. The number of aliphatic hydroxyl groups excluding tert-OH is 1. The minimum atomic E-state index is -0.232. The van der Waals surface area contributed by atoms with Gasteiger partial charge < -0.3 is 19.9 Å². The van der Waals surface area contributed by atoms with Crippen LogP contribution >= 0.6 is 0 Å². The summed E-state index contributed by atoms with van der Waals surface area (Å²) in [6.45, 7) is 9.76. The van der Waals surface area contributed by atoms with Crippen LogP contribution in [-0.4, -0.2) is 49.7 Å². The summed E-state index contributed by atoms with van der Waals surface area (Å²) in [5.74, 6) is 0.640. The van der Waals surface area contributed by atoms with E-state index in [1.807, 2.05) is 6.92 Å². The Bertz CT molecular complexity index is 219. The maximum Gasteiger partial charge on any atom is 0.0611 e. The lowest BCUT2D eigenvalue weighted by Crippen LogP contribution is -2.48. The molecule has 1 rings (SSSR count). The minimum absolute atomic E-state index is 0.145. The third-order valence-corrected chi connectivity index (χ3v) is 3.65. The molecular formula is C14H29NO3. The molecule has 1 saturated heterocycles.